The van der Waals surface area contributed by atoms with Gasteiger partial charge in [-0.1, -0.05) is 249 Å². The Bertz CT molecular complexity index is 5110. The van der Waals surface area contributed by atoms with Gasteiger partial charge in [0, 0.05) is 44.9 Å². The number of hydrogen-bond acceptors (Lipinski definition) is 3. The molecule has 3 aliphatic rings. The first-order valence-electron chi connectivity index (χ1n) is 31.2. The smallest absolute Gasteiger partial charge is 0.0782 e. The monoisotopic (exact) mass is 1150 g/mol. The number of rotatable bonds is 10. The molecule has 0 fully saturated rings. The zero-order valence-electron chi connectivity index (χ0n) is 49.3. The van der Waals surface area contributed by atoms with Crippen LogP contribution in [0.15, 0.2) is 352 Å². The molecule has 18 rings (SSSR count). The Morgan fingerprint density at radius 2 is 0.711 bits per heavy atom. The van der Waals surface area contributed by atoms with Gasteiger partial charge in [0.05, 0.1) is 44.6 Å². The molecule has 0 radical (unpaired) electrons. The van der Waals surface area contributed by atoms with Crippen LogP contribution in [0.4, 0.5) is 51.2 Å². The first kappa shape index (κ1) is 51.5. The number of aromatic nitrogens is 1. The van der Waals surface area contributed by atoms with Gasteiger partial charge in [0.25, 0.3) is 0 Å². The summed E-state index contributed by atoms with van der Waals surface area (Å²) >= 11 is 0. The number of fused-ring (bicyclic) bond motifs is 15. The molecule has 90 heavy (non-hydrogen) atoms. The lowest BCUT2D eigenvalue weighted by atomic mass is 9.62. The Morgan fingerprint density at radius 3 is 1.32 bits per heavy atom. The van der Waals surface area contributed by atoms with Crippen LogP contribution in [0.25, 0.3) is 49.7 Å². The van der Waals surface area contributed by atoms with E-state index in [2.05, 4.69) is 371 Å². The molecule has 0 N–H and O–H groups in total. The van der Waals surface area contributed by atoms with Gasteiger partial charge >= 0.3 is 0 Å². The van der Waals surface area contributed by atoms with Crippen LogP contribution in [-0.4, -0.2) is 4.57 Å². The lowest BCUT2D eigenvalue weighted by Crippen LogP contribution is -2.38. The molecule has 0 atom stereocenters. The minimum Gasteiger partial charge on any atom is -0.310 e. The summed E-state index contributed by atoms with van der Waals surface area (Å²) in [5, 5.41) is 2.39. The predicted octanol–water partition coefficient (Wildman–Crippen LogP) is 22.2. The lowest BCUT2D eigenvalue weighted by Gasteiger charge is -2.47. The molecule has 4 heteroatoms. The summed E-state index contributed by atoms with van der Waals surface area (Å²) < 4.78 is 2.47. The number of benzene rings is 14. The lowest BCUT2D eigenvalue weighted by molar-refractivity contribution is 0.733. The van der Waals surface area contributed by atoms with E-state index >= 15 is 0 Å². The fourth-order valence-electron chi connectivity index (χ4n) is 15.9. The van der Waals surface area contributed by atoms with Crippen LogP contribution in [0.5, 0.6) is 0 Å². The third-order valence-corrected chi connectivity index (χ3v) is 19.4. The SMILES string of the molecule is c1ccc(N(c2ccccc2)c2ccc3c(c2)C(c2ccccc2)(c2ccccc2)c2cc4c(cc2-3)N(c2ccccc2)c2c(N(c3ccccc3)c3cccc5c6ccccc6n(-c6ccccc6)c35)cccc2C42c3ccccc3-c3ccccc32)cc1. The summed E-state index contributed by atoms with van der Waals surface area (Å²) in [6.45, 7) is 0. The van der Waals surface area contributed by atoms with E-state index in [0.717, 1.165) is 67.9 Å². The summed E-state index contributed by atoms with van der Waals surface area (Å²) in [4.78, 5) is 7.57. The molecule has 0 saturated carbocycles. The van der Waals surface area contributed by atoms with E-state index in [1.165, 1.54) is 77.5 Å². The van der Waals surface area contributed by atoms with Gasteiger partial charge in [-0.15, -0.1) is 0 Å². The first-order valence-corrected chi connectivity index (χ1v) is 31.2. The van der Waals surface area contributed by atoms with E-state index in [-0.39, 0.29) is 0 Å². The van der Waals surface area contributed by atoms with Crippen molar-refractivity contribution >= 4 is 73.0 Å². The molecular formula is C86H58N4. The van der Waals surface area contributed by atoms with Crippen LogP contribution in [-0.2, 0) is 10.8 Å². The van der Waals surface area contributed by atoms with Gasteiger partial charge in [0.2, 0.25) is 0 Å². The fraction of sp³-hybridized carbons (Fsp3) is 0.0233. The molecular weight excluding hydrogens is 1090 g/mol. The molecule has 2 heterocycles. The van der Waals surface area contributed by atoms with Crippen LogP contribution >= 0.6 is 0 Å². The molecule has 422 valence electrons. The normalized spacial score (nSPS) is 13.5. The van der Waals surface area contributed by atoms with Gasteiger partial charge in [0.1, 0.15) is 0 Å². The molecule has 0 saturated heterocycles. The zero-order valence-corrected chi connectivity index (χ0v) is 49.3. The molecule has 1 aliphatic heterocycles. The Labute approximate surface area is 524 Å². The van der Waals surface area contributed by atoms with Crippen LogP contribution in [0.1, 0.15) is 44.5 Å². The van der Waals surface area contributed by atoms with E-state index in [4.69, 9.17) is 0 Å². The zero-order chi connectivity index (χ0) is 59.3. The van der Waals surface area contributed by atoms with Crippen LogP contribution in [0.2, 0.25) is 0 Å². The Kier molecular flexibility index (Phi) is 11.7. The van der Waals surface area contributed by atoms with E-state index < -0.39 is 10.8 Å². The maximum Gasteiger partial charge on any atom is 0.0782 e. The third kappa shape index (κ3) is 7.36. The molecule has 2 aliphatic carbocycles. The average Bonchev–Trinajstić information content (AvgIpc) is 1.43. The maximum absolute atomic E-state index is 2.66. The van der Waals surface area contributed by atoms with Crippen LogP contribution < -0.4 is 14.7 Å². The standard InChI is InChI=1S/C86H58N4/c1-8-30-59(31-9-1)85(60-32-10-2-11-33-60)76-56-66(87(61-34-12-3-13-35-61)62-36-14-4-15-37-62)54-55-69(76)72-57-82-78(58-77(72)85)86(73-48-25-22-44-67(73)68-45-23-26-49-74(68)86)75-50-29-53-81(84(75)90(82)65-42-20-7-21-43-65)88(63-38-16-5-17-39-63)80-52-28-47-71-70-46-24-27-51-79(70)89(83(71)80)64-40-18-6-19-41-64/h1-58H. The fourth-order valence-corrected chi connectivity index (χ4v) is 15.9. The molecule has 14 aromatic carbocycles. The van der Waals surface area contributed by atoms with E-state index in [9.17, 15) is 0 Å². The summed E-state index contributed by atoms with van der Waals surface area (Å²) in [7, 11) is 0. The van der Waals surface area contributed by atoms with Crippen molar-refractivity contribution in [3.63, 3.8) is 0 Å². The highest BCUT2D eigenvalue weighted by Gasteiger charge is 2.55. The Hall–Kier alpha value is -11.7. The first-order chi connectivity index (χ1) is 44.7. The Morgan fingerprint density at radius 1 is 0.256 bits per heavy atom. The Balaban J connectivity index is 0.994. The number of nitrogens with zero attached hydrogens (tertiary/aromatic N) is 4. The highest BCUT2D eigenvalue weighted by Crippen LogP contribution is 2.68. The second-order valence-corrected chi connectivity index (χ2v) is 23.9. The highest BCUT2D eigenvalue weighted by molar-refractivity contribution is 6.15. The summed E-state index contributed by atoms with van der Waals surface area (Å²) in [6, 6.07) is 131. The van der Waals surface area contributed by atoms with Gasteiger partial charge in [-0.25, -0.2) is 0 Å². The highest BCUT2D eigenvalue weighted by atomic mass is 15.2. The minimum atomic E-state index is -0.821. The second kappa shape index (κ2) is 20.5. The molecule has 0 bridgehead atoms. The maximum atomic E-state index is 2.66. The number of para-hydroxylation sites is 8. The number of hydrogen-bond donors (Lipinski definition) is 0. The van der Waals surface area contributed by atoms with Crippen molar-refractivity contribution in [2.24, 2.45) is 0 Å². The van der Waals surface area contributed by atoms with E-state index in [1.807, 2.05) is 0 Å². The molecule has 0 amide bonds. The van der Waals surface area contributed by atoms with Crippen molar-refractivity contribution in [2.45, 2.75) is 10.8 Å². The molecule has 15 aromatic rings. The van der Waals surface area contributed by atoms with Crippen molar-refractivity contribution in [3.8, 4) is 27.9 Å². The summed E-state index contributed by atoms with van der Waals surface area (Å²) in [5.74, 6) is 0. The largest absolute Gasteiger partial charge is 0.310 e. The minimum absolute atomic E-state index is 0.768. The van der Waals surface area contributed by atoms with Crippen LogP contribution in [0, 0.1) is 0 Å². The molecule has 1 spiro atoms. The average molecular weight is 1150 g/mol. The van der Waals surface area contributed by atoms with Gasteiger partial charge in [-0.2, -0.15) is 0 Å². The summed E-state index contributed by atoms with van der Waals surface area (Å²) in [6.07, 6.45) is 0. The number of anilines is 9. The van der Waals surface area contributed by atoms with E-state index in [0.29, 0.717) is 0 Å². The molecule has 4 nitrogen and oxygen atoms in total. The summed E-state index contributed by atoms with van der Waals surface area (Å²) in [5.41, 5.74) is 26.3. The van der Waals surface area contributed by atoms with E-state index in [1.54, 1.807) is 0 Å². The van der Waals surface area contributed by atoms with Crippen LogP contribution in [0.3, 0.4) is 0 Å². The van der Waals surface area contributed by atoms with Gasteiger partial charge in [-0.3, -0.25) is 0 Å². The van der Waals surface area contributed by atoms with Crippen molar-refractivity contribution in [3.05, 3.63) is 396 Å². The second-order valence-electron chi connectivity index (χ2n) is 23.9. The molecule has 1 aromatic heterocycles. The molecule has 0 unspecified atom stereocenters. The van der Waals surface area contributed by atoms with Crippen molar-refractivity contribution < 1.29 is 0 Å². The quantitative estimate of drug-likeness (QED) is 0.136. The van der Waals surface area contributed by atoms with Gasteiger partial charge in [0.15, 0.2) is 0 Å². The van der Waals surface area contributed by atoms with Crippen molar-refractivity contribution in [2.75, 3.05) is 14.7 Å². The van der Waals surface area contributed by atoms with Crippen molar-refractivity contribution in [1.29, 1.82) is 0 Å². The van der Waals surface area contributed by atoms with Crippen molar-refractivity contribution in [1.82, 2.24) is 4.57 Å². The van der Waals surface area contributed by atoms with Gasteiger partial charge < -0.3 is 19.3 Å². The van der Waals surface area contributed by atoms with Gasteiger partial charge in [-0.05, 0) is 170 Å². The topological polar surface area (TPSA) is 14.7 Å². The third-order valence-electron chi connectivity index (χ3n) is 19.4. The predicted molar refractivity (Wildman–Crippen MR) is 373 cm³/mol.